The summed E-state index contributed by atoms with van der Waals surface area (Å²) < 4.78 is 5.57. The highest BCUT2D eigenvalue weighted by Gasteiger charge is 2.20. The largest absolute Gasteiger partial charge is 0.381 e. The zero-order valence-corrected chi connectivity index (χ0v) is 14.2. The van der Waals surface area contributed by atoms with E-state index in [1.54, 1.807) is 0 Å². The maximum Gasteiger partial charge on any atom is 0.191 e. The molecule has 5 heteroatoms. The predicted molar refractivity (Wildman–Crippen MR) is 87.8 cm³/mol. The van der Waals surface area contributed by atoms with Crippen LogP contribution in [0.5, 0.6) is 0 Å². The van der Waals surface area contributed by atoms with E-state index in [-0.39, 0.29) is 24.0 Å². The molecule has 1 aliphatic rings. The zero-order valence-electron chi connectivity index (χ0n) is 11.9. The van der Waals surface area contributed by atoms with Crippen LogP contribution >= 0.6 is 24.0 Å². The average molecular weight is 369 g/mol. The van der Waals surface area contributed by atoms with Gasteiger partial charge in [-0.3, -0.25) is 4.99 Å². The summed E-state index contributed by atoms with van der Waals surface area (Å²) in [6.07, 6.45) is 3.73. The second-order valence-corrected chi connectivity index (χ2v) is 4.93. The number of aliphatic imine (C=N–C) groups is 1. The second-order valence-electron chi connectivity index (χ2n) is 4.93. The van der Waals surface area contributed by atoms with Crippen LogP contribution in [0.2, 0.25) is 0 Å². The number of ether oxygens (including phenoxy) is 1. The highest BCUT2D eigenvalue weighted by Crippen LogP contribution is 2.28. The number of guanidine groups is 1. The van der Waals surface area contributed by atoms with Crippen LogP contribution in [-0.4, -0.2) is 38.3 Å². The normalized spacial score (nSPS) is 15.4. The second kappa shape index (κ2) is 10.8. The molecule has 1 rings (SSSR count). The lowest BCUT2D eigenvalue weighted by molar-refractivity contribution is 0.123. The molecule has 0 aromatic rings. The maximum atomic E-state index is 5.57. The van der Waals surface area contributed by atoms with Crippen LogP contribution < -0.4 is 10.6 Å². The summed E-state index contributed by atoms with van der Waals surface area (Å²) in [5, 5.41) is 6.53. The van der Waals surface area contributed by atoms with Crippen molar-refractivity contribution in [1.82, 2.24) is 10.6 Å². The van der Waals surface area contributed by atoms with Gasteiger partial charge in [0.1, 0.15) is 0 Å². The first kappa shape index (κ1) is 18.0. The first-order valence-corrected chi connectivity index (χ1v) is 6.85. The predicted octanol–water partition coefficient (Wildman–Crippen LogP) is 2.38. The Labute approximate surface area is 128 Å². The molecule has 0 aliphatic heterocycles. The summed E-state index contributed by atoms with van der Waals surface area (Å²) in [6, 6.07) is 0.416. The Hall–Kier alpha value is -0.0400. The Morgan fingerprint density at radius 3 is 2.67 bits per heavy atom. The van der Waals surface area contributed by atoms with E-state index < -0.39 is 0 Å². The molecule has 1 fully saturated rings. The molecule has 18 heavy (non-hydrogen) atoms. The van der Waals surface area contributed by atoms with Crippen molar-refractivity contribution < 1.29 is 4.74 Å². The van der Waals surface area contributed by atoms with Gasteiger partial charge in [-0.15, -0.1) is 24.0 Å². The van der Waals surface area contributed by atoms with Crippen LogP contribution in [-0.2, 0) is 4.74 Å². The Bertz CT molecular complexity index is 230. The molecule has 0 aromatic heterocycles. The van der Waals surface area contributed by atoms with Gasteiger partial charge in [-0.25, -0.2) is 0 Å². The quantitative estimate of drug-likeness (QED) is 0.299. The third-order valence-corrected chi connectivity index (χ3v) is 2.54. The molecule has 1 saturated carbocycles. The van der Waals surface area contributed by atoms with E-state index >= 15 is 0 Å². The van der Waals surface area contributed by atoms with Gasteiger partial charge in [-0.05, 0) is 46.0 Å². The van der Waals surface area contributed by atoms with Gasteiger partial charge >= 0.3 is 0 Å². The fourth-order valence-corrected chi connectivity index (χ4v) is 1.49. The summed E-state index contributed by atoms with van der Waals surface area (Å²) in [6.45, 7) is 9.83. The summed E-state index contributed by atoms with van der Waals surface area (Å²) in [4.78, 5) is 4.50. The van der Waals surface area contributed by atoms with Crippen LogP contribution in [0.15, 0.2) is 4.99 Å². The van der Waals surface area contributed by atoms with Gasteiger partial charge in [-0.2, -0.15) is 0 Å². The van der Waals surface area contributed by atoms with Gasteiger partial charge in [0.05, 0.1) is 0 Å². The van der Waals surface area contributed by atoms with E-state index in [0.717, 1.165) is 44.6 Å². The Morgan fingerprint density at radius 1 is 1.39 bits per heavy atom. The van der Waals surface area contributed by atoms with Crippen molar-refractivity contribution in [3.05, 3.63) is 0 Å². The zero-order chi connectivity index (χ0) is 12.5. The van der Waals surface area contributed by atoms with E-state index in [0.29, 0.717) is 6.04 Å². The molecule has 0 spiro atoms. The highest BCUT2D eigenvalue weighted by molar-refractivity contribution is 14.0. The fraction of sp³-hybridized carbons (Fsp3) is 0.923. The Balaban J connectivity index is 0.00000289. The van der Waals surface area contributed by atoms with Crippen molar-refractivity contribution in [3.63, 3.8) is 0 Å². The number of halogens is 1. The van der Waals surface area contributed by atoms with Gasteiger partial charge in [0, 0.05) is 32.3 Å². The molecule has 0 amide bonds. The highest BCUT2D eigenvalue weighted by atomic mass is 127. The lowest BCUT2D eigenvalue weighted by Crippen LogP contribution is -2.41. The Kier molecular flexibility index (Phi) is 10.8. The molecule has 0 unspecified atom stereocenters. The van der Waals surface area contributed by atoms with Gasteiger partial charge in [0.2, 0.25) is 0 Å². The lowest BCUT2D eigenvalue weighted by Gasteiger charge is -2.13. The molecule has 0 saturated heterocycles. The lowest BCUT2D eigenvalue weighted by atomic mass is 10.4. The van der Waals surface area contributed by atoms with Crippen molar-refractivity contribution in [1.29, 1.82) is 0 Å². The van der Waals surface area contributed by atoms with Crippen LogP contribution in [0.3, 0.4) is 0 Å². The fourth-order valence-electron chi connectivity index (χ4n) is 1.49. The average Bonchev–Trinajstić information content (AvgIpc) is 3.06. The van der Waals surface area contributed by atoms with Crippen molar-refractivity contribution in [3.8, 4) is 0 Å². The van der Waals surface area contributed by atoms with Gasteiger partial charge in [0.25, 0.3) is 0 Å². The van der Waals surface area contributed by atoms with E-state index in [4.69, 9.17) is 4.74 Å². The van der Waals surface area contributed by atoms with Crippen LogP contribution in [0.25, 0.3) is 0 Å². The molecular formula is C13H28IN3O. The van der Waals surface area contributed by atoms with Gasteiger partial charge in [-0.1, -0.05) is 0 Å². The summed E-state index contributed by atoms with van der Waals surface area (Å²) >= 11 is 0. The number of hydrogen-bond donors (Lipinski definition) is 2. The monoisotopic (exact) mass is 369 g/mol. The molecule has 0 bridgehead atoms. The van der Waals surface area contributed by atoms with Gasteiger partial charge < -0.3 is 15.4 Å². The number of nitrogens with one attached hydrogen (secondary N) is 2. The minimum atomic E-state index is 0. The van der Waals surface area contributed by atoms with E-state index in [1.807, 2.05) is 0 Å². The molecule has 1 aliphatic carbocycles. The van der Waals surface area contributed by atoms with Crippen molar-refractivity contribution in [2.75, 3.05) is 26.3 Å². The molecule has 2 N–H and O–H groups in total. The molecule has 0 aromatic carbocycles. The number of nitrogens with zero attached hydrogens (tertiary/aromatic N) is 1. The van der Waals surface area contributed by atoms with E-state index in [9.17, 15) is 0 Å². The summed E-state index contributed by atoms with van der Waals surface area (Å²) in [5.74, 6) is 1.77. The summed E-state index contributed by atoms with van der Waals surface area (Å²) in [5.41, 5.74) is 0. The minimum absolute atomic E-state index is 0. The van der Waals surface area contributed by atoms with Crippen LogP contribution in [0, 0.1) is 5.92 Å². The minimum Gasteiger partial charge on any atom is -0.381 e. The van der Waals surface area contributed by atoms with Crippen molar-refractivity contribution in [2.45, 2.75) is 46.1 Å². The number of rotatable bonds is 8. The van der Waals surface area contributed by atoms with Crippen LogP contribution in [0.1, 0.15) is 40.0 Å². The smallest absolute Gasteiger partial charge is 0.191 e. The van der Waals surface area contributed by atoms with E-state index in [2.05, 4.69) is 36.4 Å². The summed E-state index contributed by atoms with van der Waals surface area (Å²) in [7, 11) is 0. The van der Waals surface area contributed by atoms with E-state index in [1.165, 1.54) is 12.8 Å². The number of hydrogen-bond acceptors (Lipinski definition) is 2. The SMILES string of the molecule is CCNC(=NCCCOCC1CC1)NC(C)C.I. The Morgan fingerprint density at radius 2 is 2.11 bits per heavy atom. The van der Waals surface area contributed by atoms with Gasteiger partial charge in [0.15, 0.2) is 5.96 Å². The standard InChI is InChI=1S/C13H27N3O.HI/c1-4-14-13(16-11(2)3)15-8-5-9-17-10-12-6-7-12;/h11-12H,4-10H2,1-3H3,(H2,14,15,16);1H. The maximum absolute atomic E-state index is 5.57. The van der Waals surface area contributed by atoms with Crippen molar-refractivity contribution in [2.24, 2.45) is 10.9 Å². The van der Waals surface area contributed by atoms with Crippen LogP contribution in [0.4, 0.5) is 0 Å². The van der Waals surface area contributed by atoms with Crippen molar-refractivity contribution >= 4 is 29.9 Å². The molecule has 0 atom stereocenters. The first-order chi connectivity index (χ1) is 8.22. The third-order valence-electron chi connectivity index (χ3n) is 2.54. The molecule has 0 heterocycles. The molecule has 4 nitrogen and oxygen atoms in total. The molecule has 108 valence electrons. The topological polar surface area (TPSA) is 45.7 Å². The third kappa shape index (κ3) is 9.94. The molecular weight excluding hydrogens is 341 g/mol. The first-order valence-electron chi connectivity index (χ1n) is 6.85. The molecule has 0 radical (unpaired) electrons.